The van der Waals surface area contributed by atoms with E-state index in [0.29, 0.717) is 17.7 Å². The van der Waals surface area contributed by atoms with Gasteiger partial charge < -0.3 is 15.5 Å². The van der Waals surface area contributed by atoms with Gasteiger partial charge in [-0.25, -0.2) is 9.37 Å². The van der Waals surface area contributed by atoms with Crippen LogP contribution >= 0.6 is 0 Å². The van der Waals surface area contributed by atoms with E-state index >= 15 is 0 Å². The third kappa shape index (κ3) is 2.62. The van der Waals surface area contributed by atoms with E-state index in [1.165, 1.54) is 13.2 Å². The van der Waals surface area contributed by atoms with E-state index in [9.17, 15) is 4.39 Å². The van der Waals surface area contributed by atoms with Gasteiger partial charge in [0.25, 0.3) is 0 Å². The first-order chi connectivity index (χ1) is 8.20. The molecule has 1 heterocycles. The smallest absolute Gasteiger partial charge is 0.131 e. The molecule has 0 aliphatic rings. The molecule has 0 fully saturated rings. The normalized spacial score (nSPS) is 12.4. The summed E-state index contributed by atoms with van der Waals surface area (Å²) < 4.78 is 18.7. The van der Waals surface area contributed by atoms with E-state index in [2.05, 4.69) is 9.97 Å². The largest absolute Gasteiger partial charge is 0.497 e. The van der Waals surface area contributed by atoms with Gasteiger partial charge in [-0.1, -0.05) is 6.07 Å². The van der Waals surface area contributed by atoms with Crippen molar-refractivity contribution in [3.63, 3.8) is 0 Å². The number of benzene rings is 1. The highest BCUT2D eigenvalue weighted by Gasteiger charge is 2.13. The quantitative estimate of drug-likeness (QED) is 0.849. The summed E-state index contributed by atoms with van der Waals surface area (Å²) >= 11 is 0. The molecule has 90 valence electrons. The van der Waals surface area contributed by atoms with Crippen LogP contribution in [0.15, 0.2) is 30.6 Å². The molecule has 0 bridgehead atoms. The van der Waals surface area contributed by atoms with Crippen LogP contribution in [0.25, 0.3) is 0 Å². The fourth-order valence-corrected chi connectivity index (χ4v) is 1.66. The fourth-order valence-electron chi connectivity index (χ4n) is 1.66. The molecule has 1 aromatic carbocycles. The Morgan fingerprint density at radius 3 is 2.94 bits per heavy atom. The van der Waals surface area contributed by atoms with Gasteiger partial charge in [0.2, 0.25) is 0 Å². The van der Waals surface area contributed by atoms with Crippen molar-refractivity contribution >= 4 is 0 Å². The number of aromatic amines is 1. The molecule has 2 aromatic rings. The number of rotatable bonds is 4. The Bertz CT molecular complexity index is 485. The molecular formula is C12H14FN3O. The Balaban J connectivity index is 2.16. The van der Waals surface area contributed by atoms with Crippen molar-refractivity contribution in [1.82, 2.24) is 9.97 Å². The first kappa shape index (κ1) is 11.6. The molecule has 0 saturated carbocycles. The lowest BCUT2D eigenvalue weighted by Crippen LogP contribution is -2.15. The third-order valence-corrected chi connectivity index (χ3v) is 2.58. The molecular weight excluding hydrogens is 221 g/mol. The number of nitrogens with one attached hydrogen (secondary N) is 1. The molecule has 1 unspecified atom stereocenters. The van der Waals surface area contributed by atoms with E-state index in [1.807, 2.05) is 0 Å². The average molecular weight is 235 g/mol. The molecule has 0 saturated heterocycles. The van der Waals surface area contributed by atoms with Crippen LogP contribution in [0.2, 0.25) is 0 Å². The van der Waals surface area contributed by atoms with Crippen molar-refractivity contribution in [3.05, 3.63) is 47.8 Å². The molecule has 3 N–H and O–H groups in total. The molecule has 0 aliphatic heterocycles. The summed E-state index contributed by atoms with van der Waals surface area (Å²) in [6.07, 6.45) is 3.83. The Morgan fingerprint density at radius 1 is 1.53 bits per heavy atom. The summed E-state index contributed by atoms with van der Waals surface area (Å²) in [4.78, 5) is 7.00. The van der Waals surface area contributed by atoms with Crippen molar-refractivity contribution in [2.24, 2.45) is 5.73 Å². The molecule has 2 rings (SSSR count). The van der Waals surface area contributed by atoms with Crippen molar-refractivity contribution in [3.8, 4) is 5.75 Å². The molecule has 1 aromatic heterocycles. The van der Waals surface area contributed by atoms with Gasteiger partial charge in [-0.15, -0.1) is 0 Å². The maximum atomic E-state index is 13.7. The summed E-state index contributed by atoms with van der Waals surface area (Å²) in [5, 5.41) is 0. The zero-order chi connectivity index (χ0) is 12.3. The average Bonchev–Trinajstić information content (AvgIpc) is 2.81. The highest BCUT2D eigenvalue weighted by Crippen LogP contribution is 2.22. The highest BCUT2D eigenvalue weighted by atomic mass is 19.1. The number of H-pyrrole nitrogens is 1. The van der Waals surface area contributed by atoms with Gasteiger partial charge in [0.15, 0.2) is 0 Å². The lowest BCUT2D eigenvalue weighted by Gasteiger charge is -2.12. The van der Waals surface area contributed by atoms with Gasteiger partial charge in [0.05, 0.1) is 7.11 Å². The molecule has 17 heavy (non-hydrogen) atoms. The SMILES string of the molecule is COc1ccc(C(N)Cc2ncc[nH]2)c(F)c1. The van der Waals surface area contributed by atoms with E-state index in [0.717, 1.165) is 5.82 Å². The van der Waals surface area contributed by atoms with Gasteiger partial charge in [0.1, 0.15) is 17.4 Å². The van der Waals surface area contributed by atoms with E-state index < -0.39 is 6.04 Å². The topological polar surface area (TPSA) is 63.9 Å². The van der Waals surface area contributed by atoms with Crippen LogP contribution in [0.1, 0.15) is 17.4 Å². The zero-order valence-corrected chi connectivity index (χ0v) is 9.48. The Hall–Kier alpha value is -1.88. The zero-order valence-electron chi connectivity index (χ0n) is 9.48. The molecule has 0 amide bonds. The number of nitrogens with zero attached hydrogens (tertiary/aromatic N) is 1. The Morgan fingerprint density at radius 2 is 2.35 bits per heavy atom. The number of ether oxygens (including phenoxy) is 1. The monoisotopic (exact) mass is 235 g/mol. The van der Waals surface area contributed by atoms with Crippen molar-refractivity contribution in [2.75, 3.05) is 7.11 Å². The fraction of sp³-hybridized carbons (Fsp3) is 0.250. The van der Waals surface area contributed by atoms with Crippen LogP contribution in [0.3, 0.4) is 0 Å². The number of aromatic nitrogens is 2. The predicted molar refractivity (Wildman–Crippen MR) is 62.2 cm³/mol. The van der Waals surface area contributed by atoms with Crippen molar-refractivity contribution < 1.29 is 9.13 Å². The number of methoxy groups -OCH3 is 1. The molecule has 1 atom stereocenters. The van der Waals surface area contributed by atoms with E-state index in [4.69, 9.17) is 10.5 Å². The van der Waals surface area contributed by atoms with Crippen molar-refractivity contribution in [1.29, 1.82) is 0 Å². The second-order valence-electron chi connectivity index (χ2n) is 3.73. The van der Waals surface area contributed by atoms with Crippen LogP contribution < -0.4 is 10.5 Å². The van der Waals surface area contributed by atoms with Crippen LogP contribution in [0.4, 0.5) is 4.39 Å². The number of hydrogen-bond donors (Lipinski definition) is 2. The van der Waals surface area contributed by atoms with Crippen molar-refractivity contribution in [2.45, 2.75) is 12.5 Å². The molecule has 0 radical (unpaired) electrons. The lowest BCUT2D eigenvalue weighted by molar-refractivity contribution is 0.410. The van der Waals surface area contributed by atoms with Crippen LogP contribution in [0.5, 0.6) is 5.75 Å². The second-order valence-corrected chi connectivity index (χ2v) is 3.73. The van der Waals surface area contributed by atoms with Gasteiger partial charge >= 0.3 is 0 Å². The summed E-state index contributed by atoms with van der Waals surface area (Å²) in [5.41, 5.74) is 6.40. The summed E-state index contributed by atoms with van der Waals surface area (Å²) in [6.45, 7) is 0. The number of halogens is 1. The third-order valence-electron chi connectivity index (χ3n) is 2.58. The maximum Gasteiger partial charge on any atom is 0.131 e. The Kier molecular flexibility index (Phi) is 3.39. The van der Waals surface area contributed by atoms with Crippen LogP contribution in [-0.2, 0) is 6.42 Å². The van der Waals surface area contributed by atoms with Gasteiger partial charge in [-0.3, -0.25) is 0 Å². The minimum atomic E-state index is -0.424. The van der Waals surface area contributed by atoms with Crippen LogP contribution in [-0.4, -0.2) is 17.1 Å². The maximum absolute atomic E-state index is 13.7. The standard InChI is InChI=1S/C12H14FN3O/c1-17-8-2-3-9(10(13)6-8)11(14)7-12-15-4-5-16-12/h2-6,11H,7,14H2,1H3,(H,15,16). The molecule has 0 aliphatic carbocycles. The highest BCUT2D eigenvalue weighted by molar-refractivity contribution is 5.31. The van der Waals surface area contributed by atoms with Gasteiger partial charge in [-0.2, -0.15) is 0 Å². The molecule has 4 nitrogen and oxygen atoms in total. The predicted octanol–water partition coefficient (Wildman–Crippen LogP) is 1.80. The van der Waals surface area contributed by atoms with E-state index in [1.54, 1.807) is 24.5 Å². The minimum absolute atomic E-state index is 0.358. The molecule has 0 spiro atoms. The first-order valence-electron chi connectivity index (χ1n) is 5.28. The first-order valence-corrected chi connectivity index (χ1v) is 5.28. The Labute approximate surface area is 98.6 Å². The summed E-state index contributed by atoms with van der Waals surface area (Å²) in [7, 11) is 1.50. The second kappa shape index (κ2) is 4.97. The molecule has 5 heteroatoms. The van der Waals surface area contributed by atoms with Crippen LogP contribution in [0, 0.1) is 5.82 Å². The summed E-state index contributed by atoms with van der Waals surface area (Å²) in [5.74, 6) is 0.868. The van der Waals surface area contributed by atoms with Gasteiger partial charge in [0, 0.05) is 36.5 Å². The summed E-state index contributed by atoms with van der Waals surface area (Å²) in [6, 6.07) is 4.24. The minimum Gasteiger partial charge on any atom is -0.497 e. The number of hydrogen-bond acceptors (Lipinski definition) is 3. The lowest BCUT2D eigenvalue weighted by atomic mass is 10.0. The van der Waals surface area contributed by atoms with Gasteiger partial charge in [-0.05, 0) is 6.07 Å². The van der Waals surface area contributed by atoms with E-state index in [-0.39, 0.29) is 5.82 Å². The number of imidazole rings is 1. The number of nitrogens with two attached hydrogens (primary N) is 1.